The minimum Gasteiger partial charge on any atom is -0.455 e. The molecule has 2 nitrogen and oxygen atoms in total. The Morgan fingerprint density at radius 2 is 1.56 bits per heavy atom. The van der Waals surface area contributed by atoms with Crippen molar-refractivity contribution in [3.05, 3.63) is 60.2 Å². The van der Waals surface area contributed by atoms with Crippen molar-refractivity contribution in [3.63, 3.8) is 0 Å². The van der Waals surface area contributed by atoms with Crippen LogP contribution in [0.15, 0.2) is 59.0 Å². The molecule has 5 rings (SSSR count). The third-order valence-corrected chi connectivity index (χ3v) is 5.34. The lowest BCUT2D eigenvalue weighted by Gasteiger charge is -2.21. The van der Waals surface area contributed by atoms with Crippen molar-refractivity contribution >= 4 is 43.7 Å². The largest absolute Gasteiger partial charge is 0.455 e. The van der Waals surface area contributed by atoms with E-state index in [9.17, 15) is 0 Å². The van der Waals surface area contributed by atoms with Gasteiger partial charge in [0.1, 0.15) is 11.2 Å². The Balaban J connectivity index is 2.07. The molecule has 0 saturated carbocycles. The Hall–Kier alpha value is -2.74. The molecule has 25 heavy (non-hydrogen) atoms. The molecule has 0 aliphatic heterocycles. The van der Waals surface area contributed by atoms with Crippen molar-refractivity contribution in [2.75, 3.05) is 0 Å². The predicted molar refractivity (Wildman–Crippen MR) is 106 cm³/mol. The first-order valence-corrected chi connectivity index (χ1v) is 8.78. The highest BCUT2D eigenvalue weighted by atomic mass is 16.3. The Morgan fingerprint density at radius 1 is 0.800 bits per heavy atom. The summed E-state index contributed by atoms with van der Waals surface area (Å²) in [5.41, 5.74) is 5.93. The molecule has 0 N–H and O–H groups in total. The maximum Gasteiger partial charge on any atom is 0.145 e. The fraction of sp³-hybridized carbons (Fsp3) is 0.217. The molecule has 0 aliphatic carbocycles. The van der Waals surface area contributed by atoms with Gasteiger partial charge in [-0.15, -0.1) is 0 Å². The number of hydrogen-bond donors (Lipinski definition) is 0. The molecule has 124 valence electrons. The zero-order valence-corrected chi connectivity index (χ0v) is 15.1. The van der Waals surface area contributed by atoms with E-state index in [4.69, 9.17) is 4.42 Å². The lowest BCUT2D eigenvalue weighted by atomic mass is 9.85. The lowest BCUT2D eigenvalue weighted by molar-refractivity contribution is 0.593. The molecule has 0 spiro atoms. The molecule has 0 fully saturated rings. The molecule has 0 amide bonds. The molecular formula is C23H21NO. The van der Waals surface area contributed by atoms with Gasteiger partial charge in [0.25, 0.3) is 0 Å². The highest BCUT2D eigenvalue weighted by molar-refractivity contribution is 6.23. The number of nitrogens with zero attached hydrogens (tertiary/aromatic N) is 1. The van der Waals surface area contributed by atoms with Gasteiger partial charge in [0.05, 0.1) is 16.4 Å². The van der Waals surface area contributed by atoms with Crippen LogP contribution in [0, 0.1) is 0 Å². The van der Waals surface area contributed by atoms with Gasteiger partial charge in [-0.25, -0.2) is 0 Å². The summed E-state index contributed by atoms with van der Waals surface area (Å²) in [4.78, 5) is 0. The molecule has 3 aromatic carbocycles. The number of fused-ring (bicyclic) bond motifs is 7. The van der Waals surface area contributed by atoms with Crippen LogP contribution in [0.3, 0.4) is 0 Å². The SMILES string of the molecule is Cn1c2ccc3c4ccccc4oc3c2c2cccc(C(C)(C)C)c21. The van der Waals surface area contributed by atoms with Crippen molar-refractivity contribution in [3.8, 4) is 0 Å². The van der Waals surface area contributed by atoms with Crippen molar-refractivity contribution in [1.29, 1.82) is 0 Å². The number of aryl methyl sites for hydroxylation is 1. The zero-order chi connectivity index (χ0) is 17.3. The number of para-hydroxylation sites is 2. The van der Waals surface area contributed by atoms with E-state index in [1.165, 1.54) is 38.1 Å². The average molecular weight is 327 g/mol. The molecule has 0 unspecified atom stereocenters. The van der Waals surface area contributed by atoms with Gasteiger partial charge in [-0.2, -0.15) is 0 Å². The van der Waals surface area contributed by atoms with Gasteiger partial charge >= 0.3 is 0 Å². The third-order valence-electron chi connectivity index (χ3n) is 5.34. The molecule has 2 aromatic heterocycles. The number of hydrogen-bond acceptors (Lipinski definition) is 1. The molecule has 0 atom stereocenters. The molecular weight excluding hydrogens is 306 g/mol. The Kier molecular flexibility index (Phi) is 2.72. The van der Waals surface area contributed by atoms with E-state index in [-0.39, 0.29) is 5.41 Å². The van der Waals surface area contributed by atoms with E-state index in [1.54, 1.807) is 0 Å². The molecule has 5 aromatic rings. The summed E-state index contributed by atoms with van der Waals surface area (Å²) >= 11 is 0. The van der Waals surface area contributed by atoms with Gasteiger partial charge < -0.3 is 8.98 Å². The smallest absolute Gasteiger partial charge is 0.145 e. The number of benzene rings is 3. The van der Waals surface area contributed by atoms with Crippen LogP contribution >= 0.6 is 0 Å². The standard InChI is InChI=1S/C23H21NO/c1-23(2,3)17-10-7-9-16-20-18(24(4)21(16)17)13-12-15-14-8-5-6-11-19(14)25-22(15)20/h5-13H,1-4H3. The van der Waals surface area contributed by atoms with Crippen LogP contribution < -0.4 is 0 Å². The first kappa shape index (κ1) is 14.6. The second-order valence-electron chi connectivity index (χ2n) is 7.95. The Bertz CT molecular complexity index is 1280. The zero-order valence-electron chi connectivity index (χ0n) is 15.1. The van der Waals surface area contributed by atoms with E-state index in [2.05, 4.69) is 74.9 Å². The third kappa shape index (κ3) is 1.85. The van der Waals surface area contributed by atoms with E-state index in [0.717, 1.165) is 11.2 Å². The molecule has 0 aliphatic rings. The van der Waals surface area contributed by atoms with Gasteiger partial charge in [-0.3, -0.25) is 0 Å². The van der Waals surface area contributed by atoms with Crippen molar-refractivity contribution in [2.45, 2.75) is 26.2 Å². The van der Waals surface area contributed by atoms with E-state index < -0.39 is 0 Å². The van der Waals surface area contributed by atoms with Gasteiger partial charge in [0, 0.05) is 23.2 Å². The average Bonchev–Trinajstić information content (AvgIpc) is 3.10. The maximum absolute atomic E-state index is 6.30. The van der Waals surface area contributed by atoms with Crippen LogP contribution in [-0.2, 0) is 12.5 Å². The van der Waals surface area contributed by atoms with Crippen molar-refractivity contribution in [1.82, 2.24) is 4.57 Å². The molecule has 0 saturated heterocycles. The van der Waals surface area contributed by atoms with Gasteiger partial charge in [0.15, 0.2) is 0 Å². The summed E-state index contributed by atoms with van der Waals surface area (Å²) in [5, 5.41) is 4.87. The maximum atomic E-state index is 6.30. The number of aromatic nitrogens is 1. The van der Waals surface area contributed by atoms with E-state index in [0.29, 0.717) is 0 Å². The quantitative estimate of drug-likeness (QED) is 0.316. The second-order valence-corrected chi connectivity index (χ2v) is 7.95. The summed E-state index contributed by atoms with van der Waals surface area (Å²) in [6.07, 6.45) is 0. The minimum absolute atomic E-state index is 0.0919. The van der Waals surface area contributed by atoms with Crippen LogP contribution in [0.4, 0.5) is 0 Å². The molecule has 0 bridgehead atoms. The summed E-state index contributed by atoms with van der Waals surface area (Å²) in [6.45, 7) is 6.82. The highest BCUT2D eigenvalue weighted by Crippen LogP contribution is 2.41. The lowest BCUT2D eigenvalue weighted by Crippen LogP contribution is -2.12. The first-order valence-electron chi connectivity index (χ1n) is 8.78. The summed E-state index contributed by atoms with van der Waals surface area (Å²) in [5.74, 6) is 0. The molecule has 2 heterocycles. The fourth-order valence-corrected chi connectivity index (χ4v) is 4.15. The highest BCUT2D eigenvalue weighted by Gasteiger charge is 2.22. The topological polar surface area (TPSA) is 18.1 Å². The first-order chi connectivity index (χ1) is 12.0. The fourth-order valence-electron chi connectivity index (χ4n) is 4.15. The van der Waals surface area contributed by atoms with E-state index in [1.807, 2.05) is 12.1 Å². The van der Waals surface area contributed by atoms with Crippen LogP contribution in [0.25, 0.3) is 43.7 Å². The monoisotopic (exact) mass is 327 g/mol. The van der Waals surface area contributed by atoms with Crippen LogP contribution in [0.1, 0.15) is 26.3 Å². The van der Waals surface area contributed by atoms with Crippen molar-refractivity contribution < 1.29 is 4.42 Å². The number of rotatable bonds is 0. The number of furan rings is 1. The molecule has 0 radical (unpaired) electrons. The second kappa shape index (κ2) is 4.66. The van der Waals surface area contributed by atoms with Crippen molar-refractivity contribution in [2.24, 2.45) is 7.05 Å². The molecule has 2 heteroatoms. The summed E-state index contributed by atoms with van der Waals surface area (Å²) in [7, 11) is 2.16. The van der Waals surface area contributed by atoms with E-state index >= 15 is 0 Å². The van der Waals surface area contributed by atoms with Gasteiger partial charge in [0.2, 0.25) is 0 Å². The summed E-state index contributed by atoms with van der Waals surface area (Å²) < 4.78 is 8.62. The summed E-state index contributed by atoms with van der Waals surface area (Å²) in [6, 6.07) is 19.3. The van der Waals surface area contributed by atoms with Crippen LogP contribution in [-0.4, -0.2) is 4.57 Å². The van der Waals surface area contributed by atoms with Gasteiger partial charge in [-0.05, 0) is 29.2 Å². The van der Waals surface area contributed by atoms with Crippen LogP contribution in [0.5, 0.6) is 0 Å². The van der Waals surface area contributed by atoms with Crippen LogP contribution in [0.2, 0.25) is 0 Å². The Labute approximate surface area is 146 Å². The minimum atomic E-state index is 0.0919. The normalized spacial score (nSPS) is 12.8. The Morgan fingerprint density at radius 3 is 2.36 bits per heavy atom. The predicted octanol–water partition coefficient (Wildman–Crippen LogP) is 6.53. The van der Waals surface area contributed by atoms with Gasteiger partial charge in [-0.1, -0.05) is 57.2 Å².